The van der Waals surface area contributed by atoms with E-state index in [-0.39, 0.29) is 0 Å². The van der Waals surface area contributed by atoms with E-state index in [1.807, 2.05) is 54.6 Å². The Morgan fingerprint density at radius 1 is 0.225 bits per heavy atom. The summed E-state index contributed by atoms with van der Waals surface area (Å²) in [4.78, 5) is 18.8. The largest absolute Gasteiger partial charge is 0.265 e. The van der Waals surface area contributed by atoms with E-state index < -0.39 is 0 Å². The van der Waals surface area contributed by atoms with Crippen LogP contribution in [0.2, 0.25) is 0 Å². The van der Waals surface area contributed by atoms with Crippen LogP contribution in [0.5, 0.6) is 0 Å². The van der Waals surface area contributed by atoms with Crippen molar-refractivity contribution in [3.8, 4) is 0 Å². The number of nitrogens with zero attached hydrogens (tertiary/aromatic N) is 5. The molecule has 4 aromatic rings. The predicted molar refractivity (Wildman–Crippen MR) is 177 cm³/mol. The van der Waals surface area contributed by atoms with Gasteiger partial charge in [-0.05, 0) is 60.1 Å². The van der Waals surface area contributed by atoms with Gasteiger partial charge in [-0.1, -0.05) is 101 Å². The zero-order valence-corrected chi connectivity index (χ0v) is 27.5. The first-order chi connectivity index (χ1) is 18.9. The van der Waals surface area contributed by atoms with Gasteiger partial charge in [0.05, 0.1) is 0 Å². The van der Waals surface area contributed by atoms with Crippen molar-refractivity contribution in [3.63, 3.8) is 0 Å². The highest BCUT2D eigenvalue weighted by Crippen LogP contribution is 1.82. The summed E-state index contributed by atoms with van der Waals surface area (Å²) in [5.41, 5.74) is 0. The van der Waals surface area contributed by atoms with Gasteiger partial charge in [0.1, 0.15) is 0 Å². The quantitative estimate of drug-likeness (QED) is 0.218. The highest BCUT2D eigenvalue weighted by Gasteiger charge is 1.69. The molecule has 0 aliphatic rings. The highest BCUT2D eigenvalue weighted by molar-refractivity contribution is 4.89. The van der Waals surface area contributed by atoms with Crippen LogP contribution in [0.1, 0.15) is 83.1 Å². The van der Waals surface area contributed by atoms with Crippen molar-refractivity contribution in [3.05, 3.63) is 117 Å². The van der Waals surface area contributed by atoms with E-state index in [0.717, 1.165) is 23.7 Å². The fraction of sp³-hybridized carbons (Fsp3) is 0.457. The molecular weight excluding hydrogens is 490 g/mol. The number of pyridine rings is 3. The molecule has 0 atom stereocenters. The molecule has 0 aliphatic heterocycles. The van der Waals surface area contributed by atoms with Gasteiger partial charge in [-0.15, -0.1) is 0 Å². The zero-order chi connectivity index (χ0) is 31.3. The van der Waals surface area contributed by atoms with Crippen molar-refractivity contribution in [2.24, 2.45) is 23.7 Å². The topological polar surface area (TPSA) is 64.5 Å². The second-order valence-electron chi connectivity index (χ2n) is 10.9. The second-order valence-corrected chi connectivity index (χ2v) is 10.9. The van der Waals surface area contributed by atoms with Crippen molar-refractivity contribution >= 4 is 0 Å². The van der Waals surface area contributed by atoms with E-state index in [1.165, 1.54) is 0 Å². The lowest BCUT2D eigenvalue weighted by Crippen LogP contribution is -1.66. The van der Waals surface area contributed by atoms with Crippen LogP contribution in [-0.2, 0) is 0 Å². The monoisotopic (exact) mass is 549 g/mol. The molecule has 4 aromatic heterocycles. The lowest BCUT2D eigenvalue weighted by Gasteiger charge is -1.79. The Bertz CT molecular complexity index is 574. The summed E-state index contributed by atoms with van der Waals surface area (Å²) in [6, 6.07) is 17.1. The minimum absolute atomic E-state index is 0.833. The molecule has 40 heavy (non-hydrogen) atoms. The maximum Gasteiger partial charge on any atom is 0.0451 e. The molecular formula is C35H59N5. The molecule has 0 spiro atoms. The van der Waals surface area contributed by atoms with Gasteiger partial charge >= 0.3 is 0 Å². The van der Waals surface area contributed by atoms with E-state index in [1.54, 1.807) is 62.0 Å². The molecule has 224 valence electrons. The Labute approximate surface area is 248 Å². The summed E-state index contributed by atoms with van der Waals surface area (Å²) in [7, 11) is 0. The fourth-order valence-corrected chi connectivity index (χ4v) is 1.19. The number of hydrogen-bond acceptors (Lipinski definition) is 5. The molecule has 4 rings (SSSR count). The molecule has 4 heterocycles. The Balaban J connectivity index is -0.000000187. The fourth-order valence-electron chi connectivity index (χ4n) is 1.19. The third-order valence-corrected chi connectivity index (χ3v) is 2.18. The van der Waals surface area contributed by atoms with Crippen molar-refractivity contribution in [2.75, 3.05) is 0 Å². The van der Waals surface area contributed by atoms with Crippen LogP contribution < -0.4 is 0 Å². The van der Waals surface area contributed by atoms with Crippen LogP contribution >= 0.6 is 0 Å². The molecule has 0 amide bonds. The highest BCUT2D eigenvalue weighted by atomic mass is 14.7. The third-order valence-electron chi connectivity index (χ3n) is 2.18. The van der Waals surface area contributed by atoms with Crippen LogP contribution in [0.25, 0.3) is 0 Å². The Morgan fingerprint density at radius 3 is 0.400 bits per heavy atom. The Kier molecular flexibility index (Phi) is 43.6. The second kappa shape index (κ2) is 40.0. The smallest absolute Gasteiger partial charge is 0.0451 e. The molecule has 0 bridgehead atoms. The summed E-state index contributed by atoms with van der Waals surface area (Å²) in [5.74, 6) is 3.33. The first-order valence-electron chi connectivity index (χ1n) is 14.2. The van der Waals surface area contributed by atoms with Gasteiger partial charge in [-0.25, -0.2) is 0 Å². The molecule has 5 heteroatoms. The molecule has 0 N–H and O–H groups in total. The molecule has 0 saturated heterocycles. The summed E-state index contributed by atoms with van der Waals surface area (Å²) in [6.07, 6.45) is 17.1. The van der Waals surface area contributed by atoms with Crippen molar-refractivity contribution < 1.29 is 0 Å². The van der Waals surface area contributed by atoms with Crippen LogP contribution in [0.15, 0.2) is 117 Å². The molecule has 0 saturated carbocycles. The minimum Gasteiger partial charge on any atom is -0.265 e. The van der Waals surface area contributed by atoms with Crippen LogP contribution in [0.4, 0.5) is 0 Å². The van der Waals surface area contributed by atoms with Gasteiger partial charge in [0.2, 0.25) is 0 Å². The normalized spacial score (nSPS) is 8.40. The van der Waals surface area contributed by atoms with E-state index >= 15 is 0 Å². The van der Waals surface area contributed by atoms with E-state index in [2.05, 4.69) is 108 Å². The zero-order valence-electron chi connectivity index (χ0n) is 27.5. The minimum atomic E-state index is 0.833. The molecule has 0 fully saturated rings. The van der Waals surface area contributed by atoms with E-state index in [4.69, 9.17) is 0 Å². The lowest BCUT2D eigenvalue weighted by molar-refractivity contribution is 0.736. The first-order valence-corrected chi connectivity index (χ1v) is 14.2. The van der Waals surface area contributed by atoms with Gasteiger partial charge in [0.25, 0.3) is 0 Å². The van der Waals surface area contributed by atoms with Gasteiger partial charge in [0, 0.05) is 62.0 Å². The molecule has 5 nitrogen and oxygen atoms in total. The first kappa shape index (κ1) is 43.6. The summed E-state index contributed by atoms with van der Waals surface area (Å²) >= 11 is 0. The average Bonchev–Trinajstić information content (AvgIpc) is 2.93. The average molecular weight is 550 g/mol. The molecule has 0 radical (unpaired) electrons. The van der Waals surface area contributed by atoms with Crippen LogP contribution in [-0.4, -0.2) is 24.9 Å². The Hall–Kier alpha value is -3.47. The predicted octanol–water partition coefficient (Wildman–Crippen LogP) is 10.4. The van der Waals surface area contributed by atoms with Gasteiger partial charge in [0.15, 0.2) is 0 Å². The van der Waals surface area contributed by atoms with Crippen LogP contribution in [0.3, 0.4) is 0 Å². The van der Waals surface area contributed by atoms with Gasteiger partial charge < -0.3 is 0 Å². The molecule has 0 unspecified atom stereocenters. The summed E-state index contributed by atoms with van der Waals surface area (Å²) < 4.78 is 0. The maximum atomic E-state index is 3.78. The maximum absolute atomic E-state index is 3.78. The SMILES string of the molecule is CC(C)C.CC(C)C.CC(C)C.CC(C)C.c1ccncc1.c1ccncc1.c1ccncc1.c1cnccn1. The van der Waals surface area contributed by atoms with Crippen LogP contribution in [0, 0.1) is 23.7 Å². The summed E-state index contributed by atoms with van der Waals surface area (Å²) in [5, 5.41) is 0. The Morgan fingerprint density at radius 2 is 0.350 bits per heavy atom. The van der Waals surface area contributed by atoms with E-state index in [0.29, 0.717) is 0 Å². The van der Waals surface area contributed by atoms with E-state index in [9.17, 15) is 0 Å². The number of rotatable bonds is 0. The number of hydrogen-bond donors (Lipinski definition) is 0. The van der Waals surface area contributed by atoms with Crippen molar-refractivity contribution in [2.45, 2.75) is 83.1 Å². The summed E-state index contributed by atoms with van der Waals surface area (Å²) in [6.45, 7) is 26.0. The molecule has 0 aliphatic carbocycles. The lowest BCUT2D eigenvalue weighted by atomic mass is 10.3. The number of aromatic nitrogens is 5. The molecule has 0 aromatic carbocycles. The van der Waals surface area contributed by atoms with Gasteiger partial charge in [-0.3, -0.25) is 24.9 Å². The van der Waals surface area contributed by atoms with Crippen molar-refractivity contribution in [1.82, 2.24) is 24.9 Å². The van der Waals surface area contributed by atoms with Crippen molar-refractivity contribution in [1.29, 1.82) is 0 Å². The third kappa shape index (κ3) is 92.1. The standard InChI is InChI=1S/3C5H5N.C4H4N2.4C4H10/c3*1-2-4-6-5-3-1;1-2-6-4-3-5-1;4*1-4(2)3/h3*1-5H;1-4H;4*4H,1-3H3. The van der Waals surface area contributed by atoms with Gasteiger partial charge in [-0.2, -0.15) is 0 Å².